The van der Waals surface area contributed by atoms with Crippen LogP contribution in [-0.4, -0.2) is 12.8 Å². The smallest absolute Gasteiger partial charge is 0.145 e. The summed E-state index contributed by atoms with van der Waals surface area (Å²) in [6.45, 7) is 2.03. The van der Waals surface area contributed by atoms with Crippen molar-refractivity contribution in [2.75, 3.05) is 11.9 Å². The maximum Gasteiger partial charge on any atom is 0.145 e. The predicted molar refractivity (Wildman–Crippen MR) is 227 cm³/mol. The molecule has 0 unspecified atom stereocenters. The second kappa shape index (κ2) is 12.0. The Morgan fingerprint density at radius 3 is 1.78 bits per heavy atom. The molecular formula is C52H36N2O. The van der Waals surface area contributed by atoms with Gasteiger partial charge in [-0.2, -0.15) is 0 Å². The van der Waals surface area contributed by atoms with Gasteiger partial charge in [-0.15, -0.1) is 0 Å². The highest BCUT2D eigenvalue weighted by molar-refractivity contribution is 6.20. The van der Waals surface area contributed by atoms with E-state index >= 15 is 0 Å². The zero-order chi connectivity index (χ0) is 36.7. The predicted octanol–water partition coefficient (Wildman–Crippen LogP) is 10.9. The summed E-state index contributed by atoms with van der Waals surface area (Å²) in [4.78, 5) is 7.66. The topological polar surface area (TPSA) is 28.7 Å². The lowest BCUT2D eigenvalue weighted by atomic mass is 9.70. The molecule has 1 spiro atoms. The summed E-state index contributed by atoms with van der Waals surface area (Å²) in [5, 5.41) is 2.00. The van der Waals surface area contributed by atoms with Crippen molar-refractivity contribution in [1.82, 2.24) is 0 Å². The van der Waals surface area contributed by atoms with E-state index in [1.54, 1.807) is 0 Å². The van der Waals surface area contributed by atoms with E-state index in [-0.39, 0.29) is 0 Å². The Hall–Kier alpha value is -6.97. The van der Waals surface area contributed by atoms with Gasteiger partial charge in [-0.05, 0) is 92.9 Å². The minimum Gasteiger partial charge on any atom is -0.456 e. The molecule has 1 aromatic heterocycles. The van der Waals surface area contributed by atoms with E-state index in [1.807, 2.05) is 19.1 Å². The van der Waals surface area contributed by atoms with Crippen LogP contribution in [-0.2, 0) is 5.41 Å². The Balaban J connectivity index is 1.17. The molecule has 0 radical (unpaired) electrons. The number of furan rings is 1. The van der Waals surface area contributed by atoms with Crippen molar-refractivity contribution in [3.8, 4) is 33.4 Å². The number of hydrogen-bond donors (Lipinski definition) is 0. The number of benzene rings is 7. The Morgan fingerprint density at radius 1 is 0.545 bits per heavy atom. The van der Waals surface area contributed by atoms with Gasteiger partial charge >= 0.3 is 0 Å². The van der Waals surface area contributed by atoms with Gasteiger partial charge in [0.25, 0.3) is 0 Å². The summed E-state index contributed by atoms with van der Waals surface area (Å²) in [6, 6.07) is 59.6. The largest absolute Gasteiger partial charge is 0.456 e. The molecule has 3 heteroatoms. The first-order valence-electron chi connectivity index (χ1n) is 19.0. The fourth-order valence-corrected chi connectivity index (χ4v) is 9.46. The minimum absolute atomic E-state index is 0.398. The molecule has 11 rings (SSSR count). The molecule has 7 aromatic carbocycles. The normalized spacial score (nSPS) is 15.9. The number of allylic oxidation sites excluding steroid dienone is 2. The fraction of sp³-hybridized carbons (Fsp3) is 0.0577. The molecule has 55 heavy (non-hydrogen) atoms. The van der Waals surface area contributed by atoms with E-state index < -0.39 is 5.41 Å². The number of anilines is 1. The molecule has 0 atom stereocenters. The first-order chi connectivity index (χ1) is 27.2. The van der Waals surface area contributed by atoms with E-state index in [9.17, 15) is 0 Å². The molecule has 260 valence electrons. The van der Waals surface area contributed by atoms with Crippen molar-refractivity contribution in [2.24, 2.45) is 4.99 Å². The molecule has 3 nitrogen and oxygen atoms in total. The second-order valence-corrected chi connectivity index (χ2v) is 14.6. The molecule has 0 saturated carbocycles. The minimum atomic E-state index is -0.398. The Kier molecular flexibility index (Phi) is 6.90. The van der Waals surface area contributed by atoms with Crippen LogP contribution in [0.1, 0.15) is 40.3 Å². The van der Waals surface area contributed by atoms with Crippen LogP contribution in [0.2, 0.25) is 0 Å². The van der Waals surface area contributed by atoms with Gasteiger partial charge in [0.2, 0.25) is 0 Å². The highest BCUT2D eigenvalue weighted by Crippen LogP contribution is 2.63. The van der Waals surface area contributed by atoms with Gasteiger partial charge < -0.3 is 9.32 Å². The lowest BCUT2D eigenvalue weighted by Gasteiger charge is -2.30. The van der Waals surface area contributed by atoms with Crippen molar-refractivity contribution < 1.29 is 4.42 Å². The molecule has 0 amide bonds. The molecular weight excluding hydrogens is 669 g/mol. The average molecular weight is 705 g/mol. The van der Waals surface area contributed by atoms with Crippen LogP contribution in [0, 0.1) is 0 Å². The molecule has 1 aliphatic heterocycles. The third-order valence-corrected chi connectivity index (χ3v) is 11.8. The molecule has 2 aliphatic carbocycles. The van der Waals surface area contributed by atoms with Crippen LogP contribution in [0.5, 0.6) is 0 Å². The number of para-hydroxylation sites is 1. The van der Waals surface area contributed by atoms with Gasteiger partial charge in [-0.1, -0.05) is 152 Å². The monoisotopic (exact) mass is 704 g/mol. The number of fused-ring (bicyclic) bond motifs is 12. The van der Waals surface area contributed by atoms with Gasteiger partial charge in [-0.25, -0.2) is 4.99 Å². The third kappa shape index (κ3) is 4.41. The fourth-order valence-electron chi connectivity index (χ4n) is 9.46. The second-order valence-electron chi connectivity index (χ2n) is 14.6. The van der Waals surface area contributed by atoms with E-state index in [0.717, 1.165) is 55.5 Å². The summed E-state index contributed by atoms with van der Waals surface area (Å²) >= 11 is 0. The maximum absolute atomic E-state index is 6.67. The summed E-state index contributed by atoms with van der Waals surface area (Å²) < 4.78 is 6.67. The van der Waals surface area contributed by atoms with Crippen LogP contribution in [0.3, 0.4) is 0 Å². The molecule has 0 fully saturated rings. The summed E-state index contributed by atoms with van der Waals surface area (Å²) in [5.41, 5.74) is 18.3. The van der Waals surface area contributed by atoms with Crippen molar-refractivity contribution in [3.63, 3.8) is 0 Å². The Bertz CT molecular complexity index is 3010. The maximum atomic E-state index is 6.67. The zero-order valence-corrected chi connectivity index (χ0v) is 30.6. The summed E-state index contributed by atoms with van der Waals surface area (Å²) in [7, 11) is 2.11. The van der Waals surface area contributed by atoms with Crippen LogP contribution >= 0.6 is 0 Å². The quantitative estimate of drug-likeness (QED) is 0.183. The van der Waals surface area contributed by atoms with E-state index in [2.05, 4.69) is 182 Å². The molecule has 0 saturated heterocycles. The van der Waals surface area contributed by atoms with Crippen LogP contribution < -0.4 is 15.5 Å². The molecule has 0 N–H and O–H groups in total. The summed E-state index contributed by atoms with van der Waals surface area (Å²) in [5.74, 6) is 0.853. The van der Waals surface area contributed by atoms with Crippen molar-refractivity contribution >= 4 is 34.3 Å². The third-order valence-electron chi connectivity index (χ3n) is 11.8. The SMILES string of the molecule is C\C=C/C=c1/oc2ccc(-c3ccc4c(c3)C3(c5ccccc5-c5ccccc53)c3ccccc3-4)cc2/c1=C1\N=C(c2ccccc2)c2ccccc2N1C. The number of hydrogen-bond acceptors (Lipinski definition) is 3. The number of aliphatic imine (C=N–C) groups is 1. The van der Waals surface area contributed by atoms with E-state index in [4.69, 9.17) is 9.41 Å². The Labute approximate surface area is 320 Å². The highest BCUT2D eigenvalue weighted by Gasteiger charge is 2.51. The van der Waals surface area contributed by atoms with Gasteiger partial charge in [0.1, 0.15) is 16.8 Å². The van der Waals surface area contributed by atoms with Crippen molar-refractivity contribution in [3.05, 3.63) is 220 Å². The average Bonchev–Trinajstić information content (AvgIpc) is 3.87. The zero-order valence-electron chi connectivity index (χ0n) is 30.6. The van der Waals surface area contributed by atoms with Crippen molar-refractivity contribution in [2.45, 2.75) is 12.3 Å². The molecule has 8 aromatic rings. The van der Waals surface area contributed by atoms with E-state index in [0.29, 0.717) is 0 Å². The molecule has 3 aliphatic rings. The first-order valence-corrected chi connectivity index (χ1v) is 19.0. The molecule has 0 bridgehead atoms. The highest BCUT2D eigenvalue weighted by atomic mass is 16.3. The standard InChI is InChI=1S/C52H36N2O/c1-3-4-26-48-49(51-53-50(33-16-6-5-7-17-33)40-21-11-15-25-46(40)54(51)2)41-31-34(28-30-47(41)55-48)35-27-29-39-38-20-10-14-24-44(38)52(45(39)32-35)42-22-12-8-18-36(42)37-19-9-13-23-43(37)52/h3-32H,1-2H3/b4-3-,48-26+,51-49-. The van der Waals surface area contributed by atoms with Crippen molar-refractivity contribution in [1.29, 1.82) is 0 Å². The van der Waals surface area contributed by atoms with Crippen LogP contribution in [0.15, 0.2) is 185 Å². The van der Waals surface area contributed by atoms with Gasteiger partial charge in [-0.3, -0.25) is 0 Å². The lowest BCUT2D eigenvalue weighted by Crippen LogP contribution is -2.33. The van der Waals surface area contributed by atoms with Gasteiger partial charge in [0, 0.05) is 23.6 Å². The van der Waals surface area contributed by atoms with E-state index in [1.165, 1.54) is 50.1 Å². The number of nitrogens with zero attached hydrogens (tertiary/aromatic N) is 2. The lowest BCUT2D eigenvalue weighted by molar-refractivity contribution is 0.575. The summed E-state index contributed by atoms with van der Waals surface area (Å²) in [6.07, 6.45) is 6.12. The number of rotatable bonds is 3. The first kappa shape index (κ1) is 31.5. The van der Waals surface area contributed by atoms with Gasteiger partial charge in [0.05, 0.1) is 22.0 Å². The van der Waals surface area contributed by atoms with Crippen LogP contribution in [0.25, 0.3) is 56.2 Å². The van der Waals surface area contributed by atoms with Crippen LogP contribution in [0.4, 0.5) is 5.69 Å². The van der Waals surface area contributed by atoms with Gasteiger partial charge in [0.15, 0.2) is 0 Å². The Morgan fingerprint density at radius 2 is 1.11 bits per heavy atom. The molecule has 2 heterocycles.